The van der Waals surface area contributed by atoms with Crippen LogP contribution >= 0.6 is 0 Å². The lowest BCUT2D eigenvalue weighted by molar-refractivity contribution is -0.118. The zero-order valence-corrected chi connectivity index (χ0v) is 13.0. The van der Waals surface area contributed by atoms with E-state index >= 15 is 0 Å². The molecule has 1 amide bonds. The average molecular weight is 345 g/mol. The number of anilines is 1. The van der Waals surface area contributed by atoms with Gasteiger partial charge in [-0.1, -0.05) is 5.16 Å². The zero-order valence-electron chi connectivity index (χ0n) is 13.0. The fraction of sp³-hybridized carbons (Fsp3) is 0.235. The second kappa shape index (κ2) is 6.12. The largest absolute Gasteiger partial charge is 0.461 e. The number of carbonyl (C=O) groups excluding carboxylic acids is 1. The van der Waals surface area contributed by atoms with Crippen molar-refractivity contribution in [1.82, 2.24) is 10.1 Å². The van der Waals surface area contributed by atoms with Crippen molar-refractivity contribution < 1.29 is 22.5 Å². The number of carbonyl (C=O) groups is 1. The lowest BCUT2D eigenvalue weighted by Gasteiger charge is -2.17. The molecule has 128 valence electrons. The standard InChI is InChI=1S/C17H13F2N3O3/c18-10-8-12(19)11-5-6-22(13(11)9-10)16(23)4-3-15-20-17(21-25-15)14-2-1-7-24-14/h1-2,7-9H,3-6H2. The van der Waals surface area contributed by atoms with E-state index in [4.69, 9.17) is 8.94 Å². The van der Waals surface area contributed by atoms with Gasteiger partial charge in [0.15, 0.2) is 5.76 Å². The molecule has 0 bridgehead atoms. The molecule has 1 aromatic carbocycles. The van der Waals surface area contributed by atoms with Gasteiger partial charge < -0.3 is 13.8 Å². The van der Waals surface area contributed by atoms with E-state index in [1.807, 2.05) is 0 Å². The summed E-state index contributed by atoms with van der Waals surface area (Å²) < 4.78 is 37.5. The van der Waals surface area contributed by atoms with Gasteiger partial charge in [-0.25, -0.2) is 8.78 Å². The SMILES string of the molecule is O=C(CCc1nc(-c2ccco2)no1)N1CCc2c(F)cc(F)cc21. The van der Waals surface area contributed by atoms with Crippen LogP contribution in [0.4, 0.5) is 14.5 Å². The predicted molar refractivity (Wildman–Crippen MR) is 82.7 cm³/mol. The number of rotatable bonds is 4. The number of amides is 1. The highest BCUT2D eigenvalue weighted by Gasteiger charge is 2.28. The molecule has 25 heavy (non-hydrogen) atoms. The summed E-state index contributed by atoms with van der Waals surface area (Å²) in [7, 11) is 0. The summed E-state index contributed by atoms with van der Waals surface area (Å²) >= 11 is 0. The number of hydrogen-bond acceptors (Lipinski definition) is 5. The van der Waals surface area contributed by atoms with E-state index < -0.39 is 11.6 Å². The number of aromatic nitrogens is 2. The number of aryl methyl sites for hydroxylation is 1. The summed E-state index contributed by atoms with van der Waals surface area (Å²) in [5.41, 5.74) is 0.664. The number of fused-ring (bicyclic) bond motifs is 1. The van der Waals surface area contributed by atoms with Crippen LogP contribution in [0.1, 0.15) is 17.9 Å². The molecule has 0 unspecified atom stereocenters. The van der Waals surface area contributed by atoms with E-state index in [2.05, 4.69) is 10.1 Å². The Kier molecular flexibility index (Phi) is 3.79. The van der Waals surface area contributed by atoms with E-state index in [0.29, 0.717) is 41.7 Å². The Hall–Kier alpha value is -3.03. The summed E-state index contributed by atoms with van der Waals surface area (Å²) in [4.78, 5) is 18.0. The molecule has 8 heteroatoms. The number of benzene rings is 1. The maximum Gasteiger partial charge on any atom is 0.238 e. The van der Waals surface area contributed by atoms with Crippen molar-refractivity contribution in [2.24, 2.45) is 0 Å². The fourth-order valence-electron chi connectivity index (χ4n) is 2.89. The van der Waals surface area contributed by atoms with Gasteiger partial charge in [-0.3, -0.25) is 4.79 Å². The van der Waals surface area contributed by atoms with Gasteiger partial charge in [0.05, 0.1) is 12.0 Å². The van der Waals surface area contributed by atoms with E-state index in [9.17, 15) is 13.6 Å². The molecule has 6 nitrogen and oxygen atoms in total. The Morgan fingerprint density at radius 2 is 2.20 bits per heavy atom. The van der Waals surface area contributed by atoms with Crippen LogP contribution in [0, 0.1) is 11.6 Å². The van der Waals surface area contributed by atoms with Gasteiger partial charge in [-0.15, -0.1) is 0 Å². The Balaban J connectivity index is 1.44. The molecule has 0 N–H and O–H groups in total. The summed E-state index contributed by atoms with van der Waals surface area (Å²) in [5.74, 6) is -0.490. The third kappa shape index (κ3) is 2.90. The van der Waals surface area contributed by atoms with E-state index in [1.54, 1.807) is 12.1 Å². The van der Waals surface area contributed by atoms with Crippen molar-refractivity contribution >= 4 is 11.6 Å². The quantitative estimate of drug-likeness (QED) is 0.726. The number of furan rings is 1. The summed E-state index contributed by atoms with van der Waals surface area (Å²) in [5, 5.41) is 3.79. The molecule has 3 aromatic rings. The minimum Gasteiger partial charge on any atom is -0.461 e. The number of nitrogens with zero attached hydrogens (tertiary/aromatic N) is 3. The Labute approximate surface area is 141 Å². The minimum absolute atomic E-state index is 0.0946. The van der Waals surface area contributed by atoms with Crippen LogP contribution in [0.2, 0.25) is 0 Å². The first-order valence-electron chi connectivity index (χ1n) is 7.76. The summed E-state index contributed by atoms with van der Waals surface area (Å²) in [6, 6.07) is 5.43. The molecule has 0 saturated heterocycles. The van der Waals surface area contributed by atoms with Crippen molar-refractivity contribution in [3.05, 3.63) is 53.6 Å². The smallest absolute Gasteiger partial charge is 0.238 e. The second-order valence-electron chi connectivity index (χ2n) is 5.67. The highest BCUT2D eigenvalue weighted by molar-refractivity contribution is 5.95. The molecule has 4 rings (SSSR count). The molecular weight excluding hydrogens is 332 g/mol. The Bertz CT molecular complexity index is 921. The molecule has 0 saturated carbocycles. The second-order valence-corrected chi connectivity index (χ2v) is 5.67. The molecule has 3 heterocycles. The normalized spacial score (nSPS) is 13.3. The molecule has 1 aliphatic heterocycles. The highest BCUT2D eigenvalue weighted by atomic mass is 19.1. The van der Waals surface area contributed by atoms with Crippen molar-refractivity contribution in [1.29, 1.82) is 0 Å². The first-order chi connectivity index (χ1) is 12.1. The summed E-state index contributed by atoms with van der Waals surface area (Å²) in [6.45, 7) is 0.329. The van der Waals surface area contributed by atoms with Crippen LogP contribution in [0.5, 0.6) is 0 Å². The van der Waals surface area contributed by atoms with Gasteiger partial charge in [-0.2, -0.15) is 4.98 Å². The monoisotopic (exact) mass is 345 g/mol. The molecule has 0 spiro atoms. The molecular formula is C17H13F2N3O3. The maximum atomic E-state index is 13.8. The third-order valence-corrected chi connectivity index (χ3v) is 4.08. The van der Waals surface area contributed by atoms with Gasteiger partial charge in [0, 0.05) is 31.0 Å². The zero-order chi connectivity index (χ0) is 17.4. The van der Waals surface area contributed by atoms with Gasteiger partial charge in [0.1, 0.15) is 11.6 Å². The molecule has 2 aromatic heterocycles. The van der Waals surface area contributed by atoms with E-state index in [1.165, 1.54) is 17.2 Å². The average Bonchev–Trinajstić information content (AvgIpc) is 3.31. The molecule has 1 aliphatic rings. The van der Waals surface area contributed by atoms with Crippen molar-refractivity contribution in [2.45, 2.75) is 19.3 Å². The van der Waals surface area contributed by atoms with Gasteiger partial charge in [0.2, 0.25) is 17.6 Å². The summed E-state index contributed by atoms with van der Waals surface area (Å²) in [6.07, 6.45) is 2.20. The molecule has 0 radical (unpaired) electrons. The lowest BCUT2D eigenvalue weighted by atomic mass is 10.1. The number of halogens is 2. The number of hydrogen-bond donors (Lipinski definition) is 0. The highest BCUT2D eigenvalue weighted by Crippen LogP contribution is 2.31. The third-order valence-electron chi connectivity index (χ3n) is 4.08. The van der Waals surface area contributed by atoms with Crippen molar-refractivity contribution in [2.75, 3.05) is 11.4 Å². The predicted octanol–water partition coefficient (Wildman–Crippen LogP) is 3.13. The van der Waals surface area contributed by atoms with Crippen LogP contribution in [-0.4, -0.2) is 22.6 Å². The molecule has 0 fully saturated rings. The van der Waals surface area contributed by atoms with Crippen LogP contribution < -0.4 is 4.90 Å². The Morgan fingerprint density at radius 1 is 1.32 bits per heavy atom. The molecule has 0 aliphatic carbocycles. The van der Waals surface area contributed by atoms with Crippen molar-refractivity contribution in [3.63, 3.8) is 0 Å². The van der Waals surface area contributed by atoms with Crippen molar-refractivity contribution in [3.8, 4) is 11.6 Å². The first-order valence-corrected chi connectivity index (χ1v) is 7.76. The van der Waals surface area contributed by atoms with Crippen LogP contribution in [0.3, 0.4) is 0 Å². The first kappa shape index (κ1) is 15.5. The topological polar surface area (TPSA) is 72.4 Å². The minimum atomic E-state index is -0.698. The van der Waals surface area contributed by atoms with E-state index in [-0.39, 0.29) is 18.7 Å². The van der Waals surface area contributed by atoms with Gasteiger partial charge >= 0.3 is 0 Å². The van der Waals surface area contributed by atoms with Gasteiger partial charge in [-0.05, 0) is 24.6 Å². The Morgan fingerprint density at radius 3 is 3.00 bits per heavy atom. The fourth-order valence-corrected chi connectivity index (χ4v) is 2.89. The lowest BCUT2D eigenvalue weighted by Crippen LogP contribution is -2.29. The molecule has 0 atom stereocenters. The van der Waals surface area contributed by atoms with Crippen LogP contribution in [-0.2, 0) is 17.6 Å². The van der Waals surface area contributed by atoms with Crippen LogP contribution in [0.25, 0.3) is 11.6 Å². The van der Waals surface area contributed by atoms with Gasteiger partial charge in [0.25, 0.3) is 0 Å². The maximum absolute atomic E-state index is 13.8. The van der Waals surface area contributed by atoms with E-state index in [0.717, 1.165) is 6.07 Å². The van der Waals surface area contributed by atoms with Crippen LogP contribution in [0.15, 0.2) is 39.5 Å².